The van der Waals surface area contributed by atoms with Gasteiger partial charge in [0.15, 0.2) is 0 Å². The van der Waals surface area contributed by atoms with Crippen molar-refractivity contribution in [2.75, 3.05) is 15.5 Å². The highest BCUT2D eigenvalue weighted by atomic mass is 35.5. The fourth-order valence-electron chi connectivity index (χ4n) is 2.74. The van der Waals surface area contributed by atoms with Crippen molar-refractivity contribution in [1.82, 2.24) is 4.98 Å². The van der Waals surface area contributed by atoms with E-state index in [1.807, 2.05) is 0 Å². The number of pyridine rings is 1. The first kappa shape index (κ1) is 19.9. The van der Waals surface area contributed by atoms with Gasteiger partial charge in [0.05, 0.1) is 24.2 Å². The van der Waals surface area contributed by atoms with Crippen LogP contribution in [0.1, 0.15) is 5.56 Å². The van der Waals surface area contributed by atoms with Gasteiger partial charge in [-0.25, -0.2) is 8.42 Å². The van der Waals surface area contributed by atoms with Gasteiger partial charge in [-0.05, 0) is 48.0 Å². The molecule has 144 valence electrons. The van der Waals surface area contributed by atoms with Crippen LogP contribution in [0.5, 0.6) is 0 Å². The Morgan fingerprint density at radius 3 is 2.07 bits per heavy atom. The molecule has 0 spiro atoms. The first-order chi connectivity index (χ1) is 13.4. The van der Waals surface area contributed by atoms with E-state index in [0.29, 0.717) is 34.1 Å². The second-order valence-electron chi connectivity index (χ2n) is 6.06. The number of hydrogen-bond acceptors (Lipinski definition) is 4. The van der Waals surface area contributed by atoms with Gasteiger partial charge in [0.25, 0.3) is 0 Å². The van der Waals surface area contributed by atoms with Crippen LogP contribution in [0.3, 0.4) is 0 Å². The summed E-state index contributed by atoms with van der Waals surface area (Å²) in [7, 11) is -3.54. The van der Waals surface area contributed by atoms with E-state index in [4.69, 9.17) is 11.6 Å². The number of sulfonamides is 1. The van der Waals surface area contributed by atoms with Crippen LogP contribution in [0.25, 0.3) is 0 Å². The molecular weight excluding hydrogens is 398 g/mol. The van der Waals surface area contributed by atoms with Gasteiger partial charge in [-0.3, -0.25) is 19.0 Å². The molecule has 1 aromatic heterocycles. The second-order valence-corrected chi connectivity index (χ2v) is 8.37. The molecule has 0 saturated carbocycles. The van der Waals surface area contributed by atoms with Crippen molar-refractivity contribution in [1.29, 1.82) is 0 Å². The third-order valence-corrected chi connectivity index (χ3v) is 5.64. The highest BCUT2D eigenvalue weighted by molar-refractivity contribution is 7.92. The summed E-state index contributed by atoms with van der Waals surface area (Å²) < 4.78 is 26.0. The van der Waals surface area contributed by atoms with Gasteiger partial charge in [-0.2, -0.15) is 0 Å². The van der Waals surface area contributed by atoms with Crippen LogP contribution in [0.2, 0.25) is 5.02 Å². The highest BCUT2D eigenvalue weighted by Gasteiger charge is 2.19. The number of anilines is 3. The Morgan fingerprint density at radius 1 is 0.929 bits per heavy atom. The molecule has 0 bridgehead atoms. The molecule has 0 aliphatic heterocycles. The average Bonchev–Trinajstić information content (AvgIpc) is 2.69. The van der Waals surface area contributed by atoms with E-state index in [1.165, 1.54) is 9.21 Å². The van der Waals surface area contributed by atoms with Gasteiger partial charge >= 0.3 is 0 Å². The van der Waals surface area contributed by atoms with Gasteiger partial charge in [0.1, 0.15) is 0 Å². The van der Waals surface area contributed by atoms with Gasteiger partial charge in [-0.15, -0.1) is 0 Å². The number of aromatic nitrogens is 1. The number of carbonyl (C=O) groups excluding carboxylic acids is 1. The number of rotatable bonds is 7. The molecule has 8 heteroatoms. The molecule has 0 atom stereocenters. The fourth-order valence-corrected chi connectivity index (χ4v) is 3.81. The quantitative estimate of drug-likeness (QED) is 0.547. The first-order valence-corrected chi connectivity index (χ1v) is 10.6. The maximum Gasteiger partial charge on any atom is 0.232 e. The zero-order chi connectivity index (χ0) is 20.1. The third kappa shape index (κ3) is 4.49. The largest absolute Gasteiger partial charge is 0.284 e. The summed E-state index contributed by atoms with van der Waals surface area (Å²) in [5.74, 6) is 0. The summed E-state index contributed by atoms with van der Waals surface area (Å²) in [6.45, 7) is 0.111. The molecule has 0 saturated heterocycles. The molecule has 6 nitrogen and oxygen atoms in total. The van der Waals surface area contributed by atoms with Crippen molar-refractivity contribution in [2.45, 2.75) is 6.54 Å². The molecule has 0 unspecified atom stereocenters. The molecule has 0 aliphatic carbocycles. The van der Waals surface area contributed by atoms with Crippen LogP contribution >= 0.6 is 11.6 Å². The van der Waals surface area contributed by atoms with E-state index in [1.54, 1.807) is 73.1 Å². The Balaban J connectivity index is 1.92. The molecule has 2 aromatic carbocycles. The summed E-state index contributed by atoms with van der Waals surface area (Å²) in [6.07, 6.45) is 5.03. The van der Waals surface area contributed by atoms with Crippen molar-refractivity contribution in [3.63, 3.8) is 0 Å². The van der Waals surface area contributed by atoms with Crippen LogP contribution in [0.15, 0.2) is 73.1 Å². The number of nitrogens with zero attached hydrogens (tertiary/aromatic N) is 3. The van der Waals surface area contributed by atoms with E-state index in [-0.39, 0.29) is 6.54 Å². The van der Waals surface area contributed by atoms with Crippen LogP contribution in [-0.2, 0) is 21.4 Å². The molecule has 3 rings (SSSR count). The standard InChI is InChI=1S/C20H18ClN3O3S/c1-28(26,27)24(14-16-4-2-3-5-20(16)21)19-8-6-17(7-9-19)23(15-25)18-10-12-22-13-11-18/h2-13,15H,14H2,1H3. The normalized spacial score (nSPS) is 11.1. The molecular formula is C20H18ClN3O3S. The molecule has 0 fully saturated rings. The zero-order valence-electron chi connectivity index (χ0n) is 15.1. The van der Waals surface area contributed by atoms with Crippen LogP contribution in [0, 0.1) is 0 Å². The van der Waals surface area contributed by atoms with E-state index in [0.717, 1.165) is 6.26 Å². The minimum atomic E-state index is -3.54. The highest BCUT2D eigenvalue weighted by Crippen LogP contribution is 2.28. The Bertz CT molecular complexity index is 1060. The van der Waals surface area contributed by atoms with Gasteiger partial charge in [0.2, 0.25) is 16.4 Å². The second kappa shape index (κ2) is 8.41. The Hall–Kier alpha value is -2.90. The summed E-state index contributed by atoms with van der Waals surface area (Å²) in [4.78, 5) is 16.9. The van der Waals surface area contributed by atoms with Crippen molar-refractivity contribution in [3.05, 3.63) is 83.6 Å². The lowest BCUT2D eigenvalue weighted by Gasteiger charge is -2.24. The first-order valence-electron chi connectivity index (χ1n) is 8.36. The number of amides is 1. The number of carbonyl (C=O) groups is 1. The lowest BCUT2D eigenvalue weighted by atomic mass is 10.2. The van der Waals surface area contributed by atoms with E-state index >= 15 is 0 Å². The summed E-state index contributed by atoms with van der Waals surface area (Å²) in [5.41, 5.74) is 2.45. The molecule has 1 amide bonds. The van der Waals surface area contributed by atoms with E-state index < -0.39 is 10.0 Å². The van der Waals surface area contributed by atoms with Crippen molar-refractivity contribution >= 4 is 45.1 Å². The fraction of sp³-hybridized carbons (Fsp3) is 0.100. The molecule has 28 heavy (non-hydrogen) atoms. The number of halogens is 1. The number of benzene rings is 2. The summed E-state index contributed by atoms with van der Waals surface area (Å²) >= 11 is 6.19. The minimum absolute atomic E-state index is 0.111. The van der Waals surface area contributed by atoms with Gasteiger partial charge in [-0.1, -0.05) is 29.8 Å². The topological polar surface area (TPSA) is 70.6 Å². The monoisotopic (exact) mass is 415 g/mol. The molecule has 0 N–H and O–H groups in total. The maximum absolute atomic E-state index is 12.4. The third-order valence-electron chi connectivity index (χ3n) is 4.13. The Morgan fingerprint density at radius 2 is 1.50 bits per heavy atom. The van der Waals surface area contributed by atoms with Gasteiger partial charge in [0, 0.05) is 23.1 Å². The van der Waals surface area contributed by atoms with E-state index in [9.17, 15) is 13.2 Å². The van der Waals surface area contributed by atoms with Crippen molar-refractivity contribution in [2.24, 2.45) is 0 Å². The average molecular weight is 416 g/mol. The predicted molar refractivity (Wildman–Crippen MR) is 111 cm³/mol. The maximum atomic E-state index is 12.4. The SMILES string of the molecule is CS(=O)(=O)N(Cc1ccccc1Cl)c1ccc(N(C=O)c2ccncc2)cc1. The smallest absolute Gasteiger partial charge is 0.232 e. The molecule has 1 heterocycles. The van der Waals surface area contributed by atoms with Crippen LogP contribution in [0.4, 0.5) is 17.1 Å². The minimum Gasteiger partial charge on any atom is -0.284 e. The Kier molecular flexibility index (Phi) is 5.96. The summed E-state index contributed by atoms with van der Waals surface area (Å²) in [5, 5.41) is 0.498. The van der Waals surface area contributed by atoms with Crippen molar-refractivity contribution < 1.29 is 13.2 Å². The van der Waals surface area contributed by atoms with E-state index in [2.05, 4.69) is 4.98 Å². The van der Waals surface area contributed by atoms with Crippen molar-refractivity contribution in [3.8, 4) is 0 Å². The zero-order valence-corrected chi connectivity index (χ0v) is 16.6. The molecule has 0 aliphatic rings. The summed E-state index contributed by atoms with van der Waals surface area (Å²) in [6, 6.07) is 17.2. The number of hydrogen-bond donors (Lipinski definition) is 0. The Labute approximate surface area is 169 Å². The van der Waals surface area contributed by atoms with Crippen LogP contribution < -0.4 is 9.21 Å². The van der Waals surface area contributed by atoms with Crippen LogP contribution in [-0.4, -0.2) is 26.1 Å². The lowest BCUT2D eigenvalue weighted by Crippen LogP contribution is -2.29. The molecule has 3 aromatic rings. The van der Waals surface area contributed by atoms with Gasteiger partial charge < -0.3 is 0 Å². The molecule has 0 radical (unpaired) electrons. The lowest BCUT2D eigenvalue weighted by molar-refractivity contribution is -0.106. The predicted octanol–water partition coefficient (Wildman–Crippen LogP) is 4.00.